The number of nitrogens with zero attached hydrogens (tertiary/aromatic N) is 1. The highest BCUT2D eigenvalue weighted by Gasteiger charge is 2.05. The second-order valence-electron chi connectivity index (χ2n) is 2.75. The van der Waals surface area contributed by atoms with Gasteiger partial charge in [-0.05, 0) is 0 Å². The summed E-state index contributed by atoms with van der Waals surface area (Å²) in [5.41, 5.74) is 0. The molecule has 1 rings (SSSR count). The molecular weight excluding hydrogens is 162 g/mol. The molecule has 11 heavy (non-hydrogen) atoms. The Hall–Kier alpha value is -0.500. The van der Waals surface area contributed by atoms with Crippen molar-refractivity contribution < 1.29 is 4.42 Å². The monoisotopic (exact) mass is 173 g/mol. The fraction of sp³-hybridized carbons (Fsp3) is 0.625. The fourth-order valence-corrected chi connectivity index (χ4v) is 0.949. The molecule has 1 aromatic rings. The number of rotatable bonds is 3. The maximum absolute atomic E-state index is 5.52. The predicted octanol–water partition coefficient (Wildman–Crippen LogP) is 2.58. The van der Waals surface area contributed by atoms with Gasteiger partial charge in [0, 0.05) is 18.2 Å². The number of aryl methyl sites for hydroxylation is 1. The SMILES string of the molecule is CC(C)c1cnc(CCCl)o1. The van der Waals surface area contributed by atoms with Gasteiger partial charge in [0.05, 0.1) is 6.20 Å². The minimum atomic E-state index is 0.409. The van der Waals surface area contributed by atoms with Crippen LogP contribution in [-0.2, 0) is 6.42 Å². The van der Waals surface area contributed by atoms with Crippen LogP contribution in [0.5, 0.6) is 0 Å². The number of hydrogen-bond donors (Lipinski definition) is 0. The van der Waals surface area contributed by atoms with Crippen LogP contribution in [0.1, 0.15) is 31.4 Å². The van der Waals surface area contributed by atoms with Crippen LogP contribution in [0.4, 0.5) is 0 Å². The van der Waals surface area contributed by atoms with E-state index < -0.39 is 0 Å². The second-order valence-corrected chi connectivity index (χ2v) is 3.13. The summed E-state index contributed by atoms with van der Waals surface area (Å²) >= 11 is 5.52. The van der Waals surface area contributed by atoms with Crippen LogP contribution < -0.4 is 0 Å². The molecule has 0 saturated heterocycles. The van der Waals surface area contributed by atoms with Gasteiger partial charge in [0.2, 0.25) is 0 Å². The average molecular weight is 174 g/mol. The Morgan fingerprint density at radius 3 is 2.82 bits per heavy atom. The van der Waals surface area contributed by atoms with Gasteiger partial charge in [-0.15, -0.1) is 11.6 Å². The van der Waals surface area contributed by atoms with Crippen molar-refractivity contribution >= 4 is 11.6 Å². The van der Waals surface area contributed by atoms with E-state index in [4.69, 9.17) is 16.0 Å². The molecule has 2 nitrogen and oxygen atoms in total. The summed E-state index contributed by atoms with van der Waals surface area (Å²) in [6.45, 7) is 4.15. The van der Waals surface area contributed by atoms with Crippen LogP contribution in [0, 0.1) is 0 Å². The highest BCUT2D eigenvalue weighted by Crippen LogP contribution is 2.15. The molecule has 3 heteroatoms. The van der Waals surface area contributed by atoms with E-state index in [1.54, 1.807) is 6.20 Å². The summed E-state index contributed by atoms with van der Waals surface area (Å²) in [7, 11) is 0. The van der Waals surface area contributed by atoms with Crippen LogP contribution in [0.2, 0.25) is 0 Å². The first-order valence-electron chi connectivity index (χ1n) is 3.74. The van der Waals surface area contributed by atoms with Gasteiger partial charge in [-0.3, -0.25) is 0 Å². The highest BCUT2D eigenvalue weighted by molar-refractivity contribution is 6.17. The van der Waals surface area contributed by atoms with Gasteiger partial charge in [0.15, 0.2) is 5.89 Å². The van der Waals surface area contributed by atoms with E-state index in [0.29, 0.717) is 18.2 Å². The first-order chi connectivity index (χ1) is 5.24. The van der Waals surface area contributed by atoms with Crippen LogP contribution >= 0.6 is 11.6 Å². The number of oxazole rings is 1. The summed E-state index contributed by atoms with van der Waals surface area (Å²) in [6.07, 6.45) is 2.49. The summed E-state index contributed by atoms with van der Waals surface area (Å²) in [6, 6.07) is 0. The van der Waals surface area contributed by atoms with Crippen molar-refractivity contribution in [3.8, 4) is 0 Å². The molecule has 1 heterocycles. The molecule has 0 atom stereocenters. The first kappa shape index (κ1) is 8.60. The van der Waals surface area contributed by atoms with Gasteiger partial charge in [-0.2, -0.15) is 0 Å². The quantitative estimate of drug-likeness (QED) is 0.657. The van der Waals surface area contributed by atoms with Crippen LogP contribution in [-0.4, -0.2) is 10.9 Å². The molecule has 0 aliphatic rings. The molecule has 62 valence electrons. The highest BCUT2D eigenvalue weighted by atomic mass is 35.5. The Kier molecular flexibility index (Phi) is 2.94. The lowest BCUT2D eigenvalue weighted by Gasteiger charge is -1.95. The van der Waals surface area contributed by atoms with Crippen molar-refractivity contribution in [2.45, 2.75) is 26.2 Å². The van der Waals surface area contributed by atoms with Gasteiger partial charge in [0.1, 0.15) is 5.76 Å². The molecule has 0 amide bonds. The van der Waals surface area contributed by atoms with Crippen molar-refractivity contribution in [1.82, 2.24) is 4.98 Å². The largest absolute Gasteiger partial charge is 0.445 e. The third kappa shape index (κ3) is 2.22. The Bertz CT molecular complexity index is 220. The third-order valence-electron chi connectivity index (χ3n) is 1.45. The van der Waals surface area contributed by atoms with Gasteiger partial charge in [0.25, 0.3) is 0 Å². The zero-order valence-electron chi connectivity index (χ0n) is 6.80. The van der Waals surface area contributed by atoms with Crippen molar-refractivity contribution in [2.24, 2.45) is 0 Å². The molecule has 0 aromatic carbocycles. The van der Waals surface area contributed by atoms with Gasteiger partial charge < -0.3 is 4.42 Å². The van der Waals surface area contributed by atoms with E-state index in [2.05, 4.69) is 18.8 Å². The van der Waals surface area contributed by atoms with Crippen LogP contribution in [0.3, 0.4) is 0 Å². The average Bonchev–Trinajstić information content (AvgIpc) is 2.37. The summed E-state index contributed by atoms with van der Waals surface area (Å²) in [4.78, 5) is 4.08. The number of alkyl halides is 1. The van der Waals surface area contributed by atoms with Crippen molar-refractivity contribution in [3.63, 3.8) is 0 Å². The Morgan fingerprint density at radius 1 is 1.64 bits per heavy atom. The Balaban J connectivity index is 2.66. The normalized spacial score (nSPS) is 10.9. The van der Waals surface area contributed by atoms with E-state index >= 15 is 0 Å². The van der Waals surface area contributed by atoms with E-state index in [-0.39, 0.29) is 0 Å². The number of aromatic nitrogens is 1. The summed E-state index contributed by atoms with van der Waals surface area (Å²) < 4.78 is 5.39. The Morgan fingerprint density at radius 2 is 2.36 bits per heavy atom. The minimum absolute atomic E-state index is 0.409. The molecule has 0 aliphatic carbocycles. The molecule has 0 radical (unpaired) electrons. The standard InChI is InChI=1S/C8H12ClNO/c1-6(2)7-5-10-8(11-7)3-4-9/h5-6H,3-4H2,1-2H3. The number of hydrogen-bond acceptors (Lipinski definition) is 2. The van der Waals surface area contributed by atoms with E-state index in [0.717, 1.165) is 11.7 Å². The van der Waals surface area contributed by atoms with Crippen LogP contribution in [0.25, 0.3) is 0 Å². The van der Waals surface area contributed by atoms with E-state index in [9.17, 15) is 0 Å². The molecule has 0 unspecified atom stereocenters. The van der Waals surface area contributed by atoms with E-state index in [1.165, 1.54) is 0 Å². The summed E-state index contributed by atoms with van der Waals surface area (Å²) in [5, 5.41) is 0. The predicted molar refractivity (Wildman–Crippen MR) is 45.0 cm³/mol. The Labute approximate surface area is 71.6 Å². The summed E-state index contributed by atoms with van der Waals surface area (Å²) in [5.74, 6) is 2.65. The van der Waals surface area contributed by atoms with Gasteiger partial charge in [-0.25, -0.2) is 4.98 Å². The first-order valence-corrected chi connectivity index (χ1v) is 4.28. The molecule has 0 saturated carbocycles. The van der Waals surface area contributed by atoms with Gasteiger partial charge >= 0.3 is 0 Å². The molecule has 0 bridgehead atoms. The molecular formula is C8H12ClNO. The maximum atomic E-state index is 5.52. The zero-order valence-corrected chi connectivity index (χ0v) is 7.56. The maximum Gasteiger partial charge on any atom is 0.195 e. The number of halogens is 1. The fourth-order valence-electron chi connectivity index (χ4n) is 0.788. The van der Waals surface area contributed by atoms with Crippen LogP contribution in [0.15, 0.2) is 10.6 Å². The smallest absolute Gasteiger partial charge is 0.195 e. The third-order valence-corrected chi connectivity index (χ3v) is 1.64. The van der Waals surface area contributed by atoms with E-state index in [1.807, 2.05) is 0 Å². The topological polar surface area (TPSA) is 26.0 Å². The van der Waals surface area contributed by atoms with Gasteiger partial charge in [-0.1, -0.05) is 13.8 Å². The van der Waals surface area contributed by atoms with Crippen molar-refractivity contribution in [2.75, 3.05) is 5.88 Å². The molecule has 0 spiro atoms. The lowest BCUT2D eigenvalue weighted by molar-refractivity contribution is 0.444. The minimum Gasteiger partial charge on any atom is -0.445 e. The van der Waals surface area contributed by atoms with Crippen molar-refractivity contribution in [1.29, 1.82) is 0 Å². The molecule has 1 aromatic heterocycles. The van der Waals surface area contributed by atoms with Crippen molar-refractivity contribution in [3.05, 3.63) is 17.8 Å². The second kappa shape index (κ2) is 3.77. The molecule has 0 N–H and O–H groups in total. The molecule has 0 fully saturated rings. The zero-order chi connectivity index (χ0) is 8.27. The molecule has 0 aliphatic heterocycles. The lowest BCUT2D eigenvalue weighted by atomic mass is 10.2. The lowest BCUT2D eigenvalue weighted by Crippen LogP contribution is -1.84.